The van der Waals surface area contributed by atoms with Gasteiger partial charge in [-0.1, -0.05) is 11.1 Å². The van der Waals surface area contributed by atoms with Crippen molar-refractivity contribution in [3.63, 3.8) is 0 Å². The van der Waals surface area contributed by atoms with Crippen LogP contribution in [-0.2, 0) is 68.3 Å². The Bertz CT molecular complexity index is 3260. The van der Waals surface area contributed by atoms with Crippen LogP contribution in [0.25, 0.3) is 10.8 Å². The van der Waals surface area contributed by atoms with Crippen molar-refractivity contribution in [2.75, 3.05) is 35.8 Å². The van der Waals surface area contributed by atoms with Gasteiger partial charge in [0.15, 0.2) is 25.4 Å². The second-order valence-electron chi connectivity index (χ2n) is 12.6. The van der Waals surface area contributed by atoms with Crippen LogP contribution in [0.5, 0.6) is 5.75 Å². The summed E-state index contributed by atoms with van der Waals surface area (Å²) in [6, 6.07) is 16.6. The number of nitrogens with two attached hydrogens (primary N) is 1. The lowest BCUT2D eigenvalue weighted by Gasteiger charge is -2.14. The van der Waals surface area contributed by atoms with Crippen molar-refractivity contribution in [3.8, 4) is 5.75 Å². The van der Waals surface area contributed by atoms with Crippen LogP contribution >= 0.6 is 12.0 Å². The number of nitrogen functional groups attached to an aromatic ring is 1. The molecular formula is C33H30N6O20S6. The zero-order valence-corrected chi connectivity index (χ0v) is 37.0. The van der Waals surface area contributed by atoms with E-state index >= 15 is 0 Å². The van der Waals surface area contributed by atoms with Crippen molar-refractivity contribution >= 4 is 113 Å². The van der Waals surface area contributed by atoms with E-state index in [1.807, 2.05) is 0 Å². The van der Waals surface area contributed by atoms with Gasteiger partial charge in [-0.05, 0) is 84.2 Å². The molecule has 0 aliphatic heterocycles. The fourth-order valence-corrected chi connectivity index (χ4v) is 9.49. The number of benzene rings is 5. The summed E-state index contributed by atoms with van der Waals surface area (Å²) in [5, 5.41) is 41.8. The maximum Gasteiger partial charge on any atom is 0.397 e. The molecule has 5 aromatic carbocycles. The number of hydrogen-bond acceptors (Lipinski definition) is 23. The van der Waals surface area contributed by atoms with Gasteiger partial charge < -0.3 is 16.2 Å². The molecule has 0 saturated carbocycles. The predicted molar refractivity (Wildman–Crippen MR) is 225 cm³/mol. The fourth-order valence-electron chi connectivity index (χ4n) is 5.35. The number of nitrogens with one attached hydrogen (secondary N) is 1. The summed E-state index contributed by atoms with van der Waals surface area (Å²) >= 11 is 0.256. The van der Waals surface area contributed by atoms with Crippen LogP contribution in [0.15, 0.2) is 125 Å². The van der Waals surface area contributed by atoms with Gasteiger partial charge in [-0.3, -0.25) is 18.5 Å². The molecule has 0 unspecified atom stereocenters. The van der Waals surface area contributed by atoms with Gasteiger partial charge in [0.1, 0.15) is 16.3 Å². The Morgan fingerprint density at radius 2 is 1.22 bits per heavy atom. The van der Waals surface area contributed by atoms with E-state index in [4.69, 9.17) is 20.1 Å². The second-order valence-corrected chi connectivity index (χ2v) is 21.1. The highest BCUT2D eigenvalue weighted by molar-refractivity contribution is 7.94. The monoisotopic (exact) mass is 1020 g/mol. The number of phenolic OH excluding ortho intramolecular Hbond substituents is 1. The van der Waals surface area contributed by atoms with Crippen LogP contribution in [0.4, 0.5) is 34.1 Å². The van der Waals surface area contributed by atoms with Crippen LogP contribution in [0, 0.1) is 0 Å². The van der Waals surface area contributed by atoms with Crippen LogP contribution in [0.1, 0.15) is 10.4 Å². The summed E-state index contributed by atoms with van der Waals surface area (Å²) in [5.74, 6) is -3.11. The van der Waals surface area contributed by atoms with Crippen molar-refractivity contribution in [2.24, 2.45) is 20.5 Å². The quantitative estimate of drug-likeness (QED) is 0.0133. The Hall–Kier alpha value is -5.59. The molecule has 0 spiro atoms. The summed E-state index contributed by atoms with van der Waals surface area (Å²) in [6.07, 6.45) is 0. The molecule has 348 valence electrons. The first-order valence-electron chi connectivity index (χ1n) is 17.2. The molecule has 26 nitrogen and oxygen atoms in total. The van der Waals surface area contributed by atoms with E-state index in [9.17, 15) is 56.5 Å². The highest BCUT2D eigenvalue weighted by Gasteiger charge is 2.26. The molecule has 5 rings (SSSR count). The van der Waals surface area contributed by atoms with Crippen LogP contribution in [0.2, 0.25) is 0 Å². The summed E-state index contributed by atoms with van der Waals surface area (Å²) in [4.78, 5) is 11.5. The molecule has 1 amide bonds. The molecule has 0 bridgehead atoms. The van der Waals surface area contributed by atoms with Gasteiger partial charge in [0.25, 0.3) is 16.0 Å². The molecule has 0 atom stereocenters. The lowest BCUT2D eigenvalue weighted by molar-refractivity contribution is -0.432. The maximum atomic E-state index is 13.1. The number of azo groups is 2. The minimum atomic E-state index is -5.14. The summed E-state index contributed by atoms with van der Waals surface area (Å²) in [7, 11) is -23.1. The Morgan fingerprint density at radius 3 is 1.75 bits per heavy atom. The first-order chi connectivity index (χ1) is 30.3. The average molecular weight is 1020 g/mol. The molecule has 0 aliphatic carbocycles. The van der Waals surface area contributed by atoms with Crippen molar-refractivity contribution in [1.82, 2.24) is 0 Å². The SMILES string of the molecule is Nc1c(N=Nc2ccc(S(=O)(=O)CCOS(=O)(=O)O)cc2)c(S(=O)(=O)O)cc2cc(SOOO)c(N=Nc3cccc(C(=O)Nc4ccc(S(=O)(=O)CCOS(=O)(=O)O)cc4)c3)c(O)c12. The molecule has 0 fully saturated rings. The van der Waals surface area contributed by atoms with Gasteiger partial charge in [0.05, 0.1) is 73.9 Å². The smallest absolute Gasteiger partial charge is 0.397 e. The molecule has 32 heteroatoms. The van der Waals surface area contributed by atoms with E-state index in [2.05, 4.69) is 43.5 Å². The zero-order valence-electron chi connectivity index (χ0n) is 32.1. The molecule has 0 radical (unpaired) electrons. The van der Waals surface area contributed by atoms with E-state index in [0.717, 1.165) is 48.5 Å². The number of hydrogen-bond donors (Lipinski definition) is 7. The second kappa shape index (κ2) is 20.3. The number of fused-ring (bicyclic) bond motifs is 1. The van der Waals surface area contributed by atoms with Crippen molar-refractivity contribution < 1.29 is 88.6 Å². The van der Waals surface area contributed by atoms with Gasteiger partial charge in [0.2, 0.25) is 0 Å². The molecule has 0 aliphatic rings. The van der Waals surface area contributed by atoms with E-state index in [1.165, 1.54) is 36.4 Å². The Labute approximate surface area is 372 Å². The zero-order chi connectivity index (χ0) is 48.0. The van der Waals surface area contributed by atoms with Crippen molar-refractivity contribution in [1.29, 1.82) is 0 Å². The van der Waals surface area contributed by atoms with Gasteiger partial charge in [0, 0.05) is 11.3 Å². The minimum absolute atomic E-state index is 0.00776. The average Bonchev–Trinajstić information content (AvgIpc) is 3.21. The number of amides is 1. The molecular weight excluding hydrogens is 993 g/mol. The predicted octanol–water partition coefficient (Wildman–Crippen LogP) is 5.07. The molecule has 0 saturated heterocycles. The van der Waals surface area contributed by atoms with Crippen LogP contribution in [-0.4, -0.2) is 96.7 Å². The van der Waals surface area contributed by atoms with Gasteiger partial charge >= 0.3 is 20.8 Å². The summed E-state index contributed by atoms with van der Waals surface area (Å²) in [6.45, 7) is -1.73. The van der Waals surface area contributed by atoms with E-state index in [0.29, 0.717) is 0 Å². The molecule has 0 aromatic heterocycles. The lowest BCUT2D eigenvalue weighted by Crippen LogP contribution is -2.15. The number of anilines is 2. The normalized spacial score (nSPS) is 12.9. The highest BCUT2D eigenvalue weighted by atomic mass is 32.3. The van der Waals surface area contributed by atoms with Crippen LogP contribution in [0.3, 0.4) is 0 Å². The molecule has 0 heterocycles. The van der Waals surface area contributed by atoms with Crippen LogP contribution < -0.4 is 11.1 Å². The third kappa shape index (κ3) is 13.7. The molecule has 65 heavy (non-hydrogen) atoms. The molecule has 5 aromatic rings. The number of nitrogens with zero attached hydrogens (tertiary/aromatic N) is 4. The number of aromatic hydroxyl groups is 1. The largest absolute Gasteiger partial charge is 0.505 e. The maximum absolute atomic E-state index is 13.1. The first kappa shape index (κ1) is 50.4. The highest BCUT2D eigenvalue weighted by Crippen LogP contribution is 2.49. The lowest BCUT2D eigenvalue weighted by atomic mass is 10.1. The Kier molecular flexibility index (Phi) is 15.7. The summed E-state index contributed by atoms with van der Waals surface area (Å²) in [5.41, 5.74) is 4.68. The Balaban J connectivity index is 1.44. The van der Waals surface area contributed by atoms with E-state index in [-0.39, 0.29) is 60.1 Å². The fraction of sp³-hybridized carbons (Fsp3) is 0.121. The topological polar surface area (TPSA) is 413 Å². The van der Waals surface area contributed by atoms with Gasteiger partial charge in [-0.15, -0.1) is 14.6 Å². The Morgan fingerprint density at radius 1 is 0.677 bits per heavy atom. The van der Waals surface area contributed by atoms with Gasteiger partial charge in [-0.25, -0.2) is 30.5 Å². The number of carbonyl (C=O) groups excluding carboxylic acids is 1. The number of carbonyl (C=O) groups is 1. The van der Waals surface area contributed by atoms with E-state index in [1.54, 1.807) is 0 Å². The van der Waals surface area contributed by atoms with E-state index < -0.39 is 109 Å². The van der Waals surface area contributed by atoms with Crippen molar-refractivity contribution in [2.45, 2.75) is 19.6 Å². The first-order valence-corrected chi connectivity index (χ1v) is 25.4. The minimum Gasteiger partial charge on any atom is -0.505 e. The number of phenols is 1. The van der Waals surface area contributed by atoms with Crippen molar-refractivity contribution in [3.05, 3.63) is 90.5 Å². The van der Waals surface area contributed by atoms with Gasteiger partial charge in [-0.2, -0.15) is 35.5 Å². The summed E-state index contributed by atoms with van der Waals surface area (Å²) < 4.78 is 158. The third-order valence-corrected chi connectivity index (χ3v) is 14.0. The standard InChI is InChI=1S/C33H30N6O20S6/c34-29-28-20(18-27(63(47,48)49)31(29)39-36-22-6-10-25(11-7-22)62(45,46)15-13-57-65(53,54)55)17-26(60-59-58-42)30(32(28)40)38-37-23-3-1-2-19(16-23)33(41)35-21-4-8-24(9-5-21)61(43,44)14-12-56-64(50,51)52/h1-11,16-18,40,42H,12-15,34H2,(H,35,41)(H,47,48,49)(H,50,51,52)(H,53,54,55). The number of rotatable bonds is 20. The third-order valence-electron chi connectivity index (χ3n) is 8.22. The number of sulfone groups is 2. The molecule has 8 N–H and O–H groups in total.